The molecule has 1 atom stereocenters. The van der Waals surface area contributed by atoms with Crippen molar-refractivity contribution in [1.29, 1.82) is 0 Å². The lowest BCUT2D eigenvalue weighted by Crippen LogP contribution is -2.22. The highest BCUT2D eigenvalue weighted by atomic mass is 79.9. The van der Waals surface area contributed by atoms with Crippen LogP contribution in [0.2, 0.25) is 0 Å². The Labute approximate surface area is 150 Å². The van der Waals surface area contributed by atoms with Crippen LogP contribution >= 0.6 is 15.9 Å². The van der Waals surface area contributed by atoms with Crippen molar-refractivity contribution >= 4 is 15.9 Å². The minimum absolute atomic E-state index is 0.159. The summed E-state index contributed by atoms with van der Waals surface area (Å²) in [4.78, 5) is 2.38. The number of benzene rings is 1. The van der Waals surface area contributed by atoms with Crippen molar-refractivity contribution in [2.75, 3.05) is 20.8 Å². The number of hydrogen-bond donors (Lipinski definition) is 1. The maximum atomic E-state index is 10.0. The number of phenols is 1. The number of methoxy groups -OCH3 is 2. The van der Waals surface area contributed by atoms with Crippen LogP contribution in [0.5, 0.6) is 11.5 Å². The number of rotatable bonds is 6. The van der Waals surface area contributed by atoms with Gasteiger partial charge in [0.2, 0.25) is 0 Å². The summed E-state index contributed by atoms with van der Waals surface area (Å²) >= 11 is 3.57. The van der Waals surface area contributed by atoms with E-state index in [1.165, 1.54) is 0 Å². The quantitative estimate of drug-likeness (QED) is 0.792. The molecule has 0 spiro atoms. The molecule has 0 bridgehead atoms. The van der Waals surface area contributed by atoms with Crippen LogP contribution in [-0.2, 0) is 17.9 Å². The van der Waals surface area contributed by atoms with E-state index in [9.17, 15) is 5.11 Å². The van der Waals surface area contributed by atoms with Crippen LogP contribution in [0.15, 0.2) is 33.2 Å². The van der Waals surface area contributed by atoms with Gasteiger partial charge in [0.05, 0.1) is 13.2 Å². The number of aromatic hydroxyl groups is 1. The second-order valence-electron chi connectivity index (χ2n) is 5.98. The lowest BCUT2D eigenvalue weighted by molar-refractivity contribution is 0.155. The molecule has 1 aliphatic rings. The highest BCUT2D eigenvalue weighted by Crippen LogP contribution is 2.38. The van der Waals surface area contributed by atoms with Crippen molar-refractivity contribution in [3.63, 3.8) is 0 Å². The van der Waals surface area contributed by atoms with Crippen molar-refractivity contribution in [3.05, 3.63) is 45.8 Å². The van der Waals surface area contributed by atoms with E-state index in [1.54, 1.807) is 26.4 Å². The van der Waals surface area contributed by atoms with E-state index < -0.39 is 0 Å². The summed E-state index contributed by atoms with van der Waals surface area (Å²) in [5.74, 6) is 2.46. The fourth-order valence-corrected chi connectivity index (χ4v) is 3.67. The first kappa shape index (κ1) is 17.3. The zero-order valence-electron chi connectivity index (χ0n) is 13.9. The molecule has 1 unspecified atom stereocenters. The summed E-state index contributed by atoms with van der Waals surface area (Å²) in [6, 6.07) is 7.84. The number of likely N-dealkylation sites (tertiary alicyclic amines) is 1. The van der Waals surface area contributed by atoms with Crippen LogP contribution in [0.25, 0.3) is 0 Å². The SMILES string of the molecule is COCc1ccc(C2CCCN2Cc2cc(O)c(OC)cc2Br)o1. The van der Waals surface area contributed by atoms with Gasteiger partial charge in [-0.2, -0.15) is 0 Å². The molecule has 0 amide bonds. The first-order chi connectivity index (χ1) is 11.6. The standard InChI is InChI=1S/C18H22BrNO4/c1-22-11-13-5-6-17(24-13)15-4-3-7-20(15)10-12-8-16(21)18(23-2)9-14(12)19/h5-6,8-9,15,21H,3-4,7,10-11H2,1-2H3. The van der Waals surface area contributed by atoms with E-state index in [1.807, 2.05) is 12.1 Å². The molecule has 2 aromatic rings. The van der Waals surface area contributed by atoms with Crippen molar-refractivity contribution in [2.24, 2.45) is 0 Å². The maximum absolute atomic E-state index is 10.0. The molecule has 130 valence electrons. The Bertz CT molecular complexity index is 700. The second-order valence-corrected chi connectivity index (χ2v) is 6.84. The Kier molecular flexibility index (Phi) is 5.48. The molecular formula is C18H22BrNO4. The van der Waals surface area contributed by atoms with Gasteiger partial charge in [-0.1, -0.05) is 15.9 Å². The molecular weight excluding hydrogens is 374 g/mol. The van der Waals surface area contributed by atoms with Gasteiger partial charge >= 0.3 is 0 Å². The highest BCUT2D eigenvalue weighted by molar-refractivity contribution is 9.10. The van der Waals surface area contributed by atoms with Crippen LogP contribution in [0, 0.1) is 0 Å². The Hall–Kier alpha value is -1.50. The zero-order valence-corrected chi connectivity index (χ0v) is 15.5. The van der Waals surface area contributed by atoms with Gasteiger partial charge in [0.15, 0.2) is 11.5 Å². The summed E-state index contributed by atoms with van der Waals surface area (Å²) in [6.07, 6.45) is 2.20. The molecule has 1 N–H and O–H groups in total. The monoisotopic (exact) mass is 395 g/mol. The molecule has 0 saturated carbocycles. The van der Waals surface area contributed by atoms with E-state index in [2.05, 4.69) is 20.8 Å². The van der Waals surface area contributed by atoms with Gasteiger partial charge in [-0.3, -0.25) is 4.90 Å². The largest absolute Gasteiger partial charge is 0.504 e. The molecule has 1 fully saturated rings. The molecule has 3 rings (SSSR count). The Morgan fingerprint density at radius 3 is 2.92 bits per heavy atom. The number of furan rings is 1. The van der Waals surface area contributed by atoms with E-state index in [-0.39, 0.29) is 11.8 Å². The van der Waals surface area contributed by atoms with Crippen LogP contribution in [0.3, 0.4) is 0 Å². The van der Waals surface area contributed by atoms with Crippen molar-refractivity contribution in [2.45, 2.75) is 32.0 Å². The molecule has 2 heterocycles. The molecule has 5 nitrogen and oxygen atoms in total. The van der Waals surface area contributed by atoms with E-state index >= 15 is 0 Å². The summed E-state index contributed by atoms with van der Waals surface area (Å²) in [5.41, 5.74) is 1.03. The van der Waals surface area contributed by atoms with Crippen LogP contribution < -0.4 is 4.74 Å². The summed E-state index contributed by atoms with van der Waals surface area (Å²) in [5, 5.41) is 10.0. The fourth-order valence-electron chi connectivity index (χ4n) is 3.22. The summed E-state index contributed by atoms with van der Waals surface area (Å²) in [7, 11) is 3.21. The van der Waals surface area contributed by atoms with Gasteiger partial charge in [-0.05, 0) is 49.2 Å². The van der Waals surface area contributed by atoms with Gasteiger partial charge in [-0.15, -0.1) is 0 Å². The number of hydrogen-bond acceptors (Lipinski definition) is 5. The highest BCUT2D eigenvalue weighted by Gasteiger charge is 2.29. The molecule has 1 aromatic carbocycles. The first-order valence-electron chi connectivity index (χ1n) is 7.99. The molecule has 0 aliphatic carbocycles. The van der Waals surface area contributed by atoms with Crippen LogP contribution in [0.4, 0.5) is 0 Å². The summed E-state index contributed by atoms with van der Waals surface area (Å²) in [6.45, 7) is 2.23. The number of ether oxygens (including phenoxy) is 2. The van der Waals surface area contributed by atoms with Crippen molar-refractivity contribution < 1.29 is 19.0 Å². The Balaban J connectivity index is 1.77. The lowest BCUT2D eigenvalue weighted by Gasteiger charge is -2.23. The first-order valence-corrected chi connectivity index (χ1v) is 8.78. The van der Waals surface area contributed by atoms with Crippen LogP contribution in [-0.4, -0.2) is 30.8 Å². The summed E-state index contributed by atoms with van der Waals surface area (Å²) < 4.78 is 17.1. The fraction of sp³-hybridized carbons (Fsp3) is 0.444. The number of halogens is 1. The average molecular weight is 396 g/mol. The number of phenolic OH excluding ortho intramolecular Hbond substituents is 1. The van der Waals surface area contributed by atoms with E-state index in [0.29, 0.717) is 12.4 Å². The smallest absolute Gasteiger partial charge is 0.161 e. The molecule has 1 saturated heterocycles. The minimum Gasteiger partial charge on any atom is -0.504 e. The Morgan fingerprint density at radius 2 is 2.17 bits per heavy atom. The minimum atomic E-state index is 0.159. The van der Waals surface area contributed by atoms with Crippen LogP contribution in [0.1, 0.15) is 36.0 Å². The third kappa shape index (κ3) is 3.61. The number of nitrogens with zero attached hydrogens (tertiary/aromatic N) is 1. The predicted molar refractivity (Wildman–Crippen MR) is 94.2 cm³/mol. The molecule has 1 aromatic heterocycles. The normalized spacial score (nSPS) is 18.2. The second kappa shape index (κ2) is 7.59. The zero-order chi connectivity index (χ0) is 17.1. The topological polar surface area (TPSA) is 55.1 Å². The average Bonchev–Trinajstić information content (AvgIpc) is 3.20. The van der Waals surface area contributed by atoms with Gasteiger partial charge < -0.3 is 19.0 Å². The van der Waals surface area contributed by atoms with Crippen molar-refractivity contribution in [1.82, 2.24) is 4.90 Å². The molecule has 1 aliphatic heterocycles. The lowest BCUT2D eigenvalue weighted by atomic mass is 10.1. The van der Waals surface area contributed by atoms with Gasteiger partial charge in [-0.25, -0.2) is 0 Å². The van der Waals surface area contributed by atoms with E-state index in [0.717, 1.165) is 47.5 Å². The third-order valence-corrected chi connectivity index (χ3v) is 5.12. The maximum Gasteiger partial charge on any atom is 0.161 e. The predicted octanol–water partition coefficient (Wildman–Crippen LogP) is 4.24. The van der Waals surface area contributed by atoms with Gasteiger partial charge in [0.1, 0.15) is 18.1 Å². The molecule has 6 heteroatoms. The third-order valence-electron chi connectivity index (χ3n) is 4.38. The molecule has 24 heavy (non-hydrogen) atoms. The molecule has 0 radical (unpaired) electrons. The van der Waals surface area contributed by atoms with E-state index in [4.69, 9.17) is 13.9 Å². The van der Waals surface area contributed by atoms with Gasteiger partial charge in [0, 0.05) is 18.1 Å². The Morgan fingerprint density at radius 1 is 1.33 bits per heavy atom. The van der Waals surface area contributed by atoms with Crippen molar-refractivity contribution in [3.8, 4) is 11.5 Å². The van der Waals surface area contributed by atoms with Gasteiger partial charge in [0.25, 0.3) is 0 Å².